The molecule has 1 rings (SSSR count). The van der Waals surface area contributed by atoms with E-state index in [0.717, 1.165) is 6.92 Å². The highest BCUT2D eigenvalue weighted by Crippen LogP contribution is 2.35. The summed E-state index contributed by atoms with van der Waals surface area (Å²) in [6.45, 7) is 1.13. The second-order valence-electron chi connectivity index (χ2n) is 3.04. The minimum atomic E-state index is -4.20. The number of ether oxygens (including phenoxy) is 1. The first-order chi connectivity index (χ1) is 6.45. The molecule has 14 heavy (non-hydrogen) atoms. The van der Waals surface area contributed by atoms with Gasteiger partial charge in [-0.3, -0.25) is 0 Å². The number of benzene rings is 1. The molecule has 1 atom stereocenters. The van der Waals surface area contributed by atoms with E-state index in [-0.39, 0.29) is 5.56 Å². The number of rotatable bonds is 2. The van der Waals surface area contributed by atoms with Crippen LogP contribution >= 0.6 is 0 Å². The van der Waals surface area contributed by atoms with Gasteiger partial charge in [0.25, 0.3) is 0 Å². The lowest BCUT2D eigenvalue weighted by Crippen LogP contribution is -2.17. The molecule has 1 nitrogen and oxygen atoms in total. The van der Waals surface area contributed by atoms with Gasteiger partial charge in [0, 0.05) is 0 Å². The summed E-state index contributed by atoms with van der Waals surface area (Å²) in [5.41, 5.74) is 0.219. The van der Waals surface area contributed by atoms with Gasteiger partial charge in [-0.1, -0.05) is 12.1 Å². The average molecular weight is 204 g/mol. The molecule has 0 amide bonds. The van der Waals surface area contributed by atoms with Crippen molar-refractivity contribution in [1.82, 2.24) is 0 Å². The Hall–Kier alpha value is -1.19. The molecule has 78 valence electrons. The summed E-state index contributed by atoms with van der Waals surface area (Å²) in [4.78, 5) is 0. The first-order valence-corrected chi connectivity index (χ1v) is 4.16. The van der Waals surface area contributed by atoms with Crippen LogP contribution in [0, 0.1) is 0 Å². The van der Waals surface area contributed by atoms with Gasteiger partial charge in [-0.2, -0.15) is 13.2 Å². The van der Waals surface area contributed by atoms with Crippen molar-refractivity contribution in [1.29, 1.82) is 0 Å². The molecule has 0 bridgehead atoms. The molecule has 1 aromatic rings. The van der Waals surface area contributed by atoms with Gasteiger partial charge < -0.3 is 4.74 Å². The number of halogens is 3. The van der Waals surface area contributed by atoms with E-state index in [2.05, 4.69) is 0 Å². The molecule has 0 aliphatic carbocycles. The molecule has 0 saturated carbocycles. The van der Waals surface area contributed by atoms with Gasteiger partial charge in [0.1, 0.15) is 5.75 Å². The lowest BCUT2D eigenvalue weighted by atomic mass is 10.0. The average Bonchev–Trinajstić information content (AvgIpc) is 2.15. The molecule has 1 unspecified atom stereocenters. The van der Waals surface area contributed by atoms with Crippen molar-refractivity contribution >= 4 is 0 Å². The maximum absolute atomic E-state index is 12.3. The van der Waals surface area contributed by atoms with Crippen LogP contribution in [0.5, 0.6) is 5.75 Å². The largest absolute Gasteiger partial charge is 0.497 e. The highest BCUT2D eigenvalue weighted by Gasteiger charge is 2.36. The Morgan fingerprint density at radius 2 is 1.93 bits per heavy atom. The van der Waals surface area contributed by atoms with Gasteiger partial charge in [0.05, 0.1) is 13.0 Å². The topological polar surface area (TPSA) is 9.23 Å². The zero-order chi connectivity index (χ0) is 10.8. The standard InChI is InChI=1S/C10H11F3O/c1-7(10(11,12)13)8-4-3-5-9(6-8)14-2/h3-7H,1-2H3. The Labute approximate surface area is 80.5 Å². The molecular weight excluding hydrogens is 193 g/mol. The van der Waals surface area contributed by atoms with Crippen LogP contribution in [-0.4, -0.2) is 13.3 Å². The van der Waals surface area contributed by atoms with E-state index in [9.17, 15) is 13.2 Å². The van der Waals surface area contributed by atoms with Gasteiger partial charge in [-0.05, 0) is 24.6 Å². The SMILES string of the molecule is COc1cccc(C(C)C(F)(F)F)c1. The highest BCUT2D eigenvalue weighted by atomic mass is 19.4. The summed E-state index contributed by atoms with van der Waals surface area (Å²) in [6.07, 6.45) is -4.20. The fourth-order valence-electron chi connectivity index (χ4n) is 1.10. The molecule has 0 heterocycles. The molecule has 4 heteroatoms. The fourth-order valence-corrected chi connectivity index (χ4v) is 1.10. The third-order valence-electron chi connectivity index (χ3n) is 2.08. The summed E-state index contributed by atoms with van der Waals surface area (Å²) in [7, 11) is 1.43. The van der Waals surface area contributed by atoms with E-state index in [4.69, 9.17) is 4.74 Å². The molecule has 1 aromatic carbocycles. The molecule has 0 saturated heterocycles. The Morgan fingerprint density at radius 1 is 1.29 bits per heavy atom. The summed E-state index contributed by atoms with van der Waals surface area (Å²) in [5, 5.41) is 0. The van der Waals surface area contributed by atoms with Crippen molar-refractivity contribution in [2.24, 2.45) is 0 Å². The number of methoxy groups -OCH3 is 1. The molecule has 0 aliphatic rings. The van der Waals surface area contributed by atoms with Gasteiger partial charge in [0.2, 0.25) is 0 Å². The second-order valence-corrected chi connectivity index (χ2v) is 3.04. The Kier molecular flexibility index (Phi) is 3.03. The molecule has 0 spiro atoms. The van der Waals surface area contributed by atoms with Crippen molar-refractivity contribution < 1.29 is 17.9 Å². The molecule has 0 fully saturated rings. The summed E-state index contributed by atoms with van der Waals surface area (Å²) < 4.78 is 41.8. The van der Waals surface area contributed by atoms with E-state index in [1.807, 2.05) is 0 Å². The van der Waals surface area contributed by atoms with E-state index >= 15 is 0 Å². The van der Waals surface area contributed by atoms with E-state index in [0.29, 0.717) is 5.75 Å². The number of hydrogen-bond acceptors (Lipinski definition) is 1. The third-order valence-corrected chi connectivity index (χ3v) is 2.08. The minimum absolute atomic E-state index is 0.219. The van der Waals surface area contributed by atoms with E-state index in [1.54, 1.807) is 12.1 Å². The Bertz CT molecular complexity index is 306. The highest BCUT2D eigenvalue weighted by molar-refractivity contribution is 5.31. The molecule has 0 radical (unpaired) electrons. The van der Waals surface area contributed by atoms with Crippen LogP contribution in [0.1, 0.15) is 18.4 Å². The van der Waals surface area contributed by atoms with Crippen molar-refractivity contribution in [3.05, 3.63) is 29.8 Å². The van der Waals surface area contributed by atoms with Gasteiger partial charge in [-0.25, -0.2) is 0 Å². The summed E-state index contributed by atoms with van der Waals surface area (Å²) in [6, 6.07) is 6.02. The van der Waals surface area contributed by atoms with E-state index in [1.165, 1.54) is 19.2 Å². The van der Waals surface area contributed by atoms with Crippen molar-refractivity contribution in [2.45, 2.75) is 19.0 Å². The van der Waals surface area contributed by atoms with Crippen LogP contribution in [0.3, 0.4) is 0 Å². The lowest BCUT2D eigenvalue weighted by Gasteiger charge is -2.16. The van der Waals surface area contributed by atoms with Gasteiger partial charge in [-0.15, -0.1) is 0 Å². The smallest absolute Gasteiger partial charge is 0.395 e. The minimum Gasteiger partial charge on any atom is -0.497 e. The monoisotopic (exact) mass is 204 g/mol. The van der Waals surface area contributed by atoms with Crippen LogP contribution in [-0.2, 0) is 0 Å². The number of hydrogen-bond donors (Lipinski definition) is 0. The summed E-state index contributed by atoms with van der Waals surface area (Å²) in [5.74, 6) is -1.02. The maximum atomic E-state index is 12.3. The zero-order valence-corrected chi connectivity index (χ0v) is 7.93. The van der Waals surface area contributed by atoms with Gasteiger partial charge >= 0.3 is 6.18 Å². The molecule has 0 aliphatic heterocycles. The van der Waals surface area contributed by atoms with Crippen LogP contribution in [0.25, 0.3) is 0 Å². The lowest BCUT2D eigenvalue weighted by molar-refractivity contribution is -0.146. The quantitative estimate of drug-likeness (QED) is 0.717. The second kappa shape index (κ2) is 3.90. The van der Waals surface area contributed by atoms with Crippen LogP contribution in [0.15, 0.2) is 24.3 Å². The first-order valence-electron chi connectivity index (χ1n) is 4.16. The molecular formula is C10H11F3O. The van der Waals surface area contributed by atoms with Crippen molar-refractivity contribution in [3.8, 4) is 5.75 Å². The maximum Gasteiger partial charge on any atom is 0.395 e. The Balaban J connectivity index is 2.95. The predicted molar refractivity (Wildman–Crippen MR) is 47.5 cm³/mol. The molecule has 0 N–H and O–H groups in total. The summed E-state index contributed by atoms with van der Waals surface area (Å²) >= 11 is 0. The predicted octanol–water partition coefficient (Wildman–Crippen LogP) is 3.36. The normalized spacial score (nSPS) is 13.8. The van der Waals surface area contributed by atoms with Crippen LogP contribution in [0.2, 0.25) is 0 Å². The number of alkyl halides is 3. The fraction of sp³-hybridized carbons (Fsp3) is 0.400. The zero-order valence-electron chi connectivity index (χ0n) is 7.93. The van der Waals surface area contributed by atoms with Gasteiger partial charge in [0.15, 0.2) is 0 Å². The first kappa shape index (κ1) is 10.9. The van der Waals surface area contributed by atoms with Crippen LogP contribution in [0.4, 0.5) is 13.2 Å². The molecule has 0 aromatic heterocycles. The van der Waals surface area contributed by atoms with Crippen LogP contribution < -0.4 is 4.74 Å². The Morgan fingerprint density at radius 3 is 2.43 bits per heavy atom. The third kappa shape index (κ3) is 2.40. The van der Waals surface area contributed by atoms with E-state index < -0.39 is 12.1 Å². The van der Waals surface area contributed by atoms with Crippen molar-refractivity contribution in [3.63, 3.8) is 0 Å². The van der Waals surface area contributed by atoms with Crippen molar-refractivity contribution in [2.75, 3.05) is 7.11 Å².